The quantitative estimate of drug-likeness (QED) is 0.669. The SMILES string of the molecule is CC(C(=O)Nc1ccc(S(=O)(=O)N2CCCCC2)cc1)N1CCN(c2cccc(Cl)c2)CC1. The molecule has 178 valence electrons. The van der Waals surface area contributed by atoms with Crippen molar-refractivity contribution in [2.45, 2.75) is 37.1 Å². The first-order valence-corrected chi connectivity index (χ1v) is 13.3. The summed E-state index contributed by atoms with van der Waals surface area (Å²) in [6, 6.07) is 14.0. The number of hydrogen-bond acceptors (Lipinski definition) is 5. The number of benzene rings is 2. The summed E-state index contributed by atoms with van der Waals surface area (Å²) in [5.74, 6) is -0.0992. The van der Waals surface area contributed by atoms with Crippen molar-refractivity contribution >= 4 is 38.9 Å². The second-order valence-corrected chi connectivity index (χ2v) is 11.0. The highest BCUT2D eigenvalue weighted by Gasteiger charge is 2.27. The van der Waals surface area contributed by atoms with Gasteiger partial charge < -0.3 is 10.2 Å². The minimum Gasteiger partial charge on any atom is -0.369 e. The fraction of sp³-hybridized carbons (Fsp3) is 0.458. The van der Waals surface area contributed by atoms with Crippen LogP contribution in [0.4, 0.5) is 11.4 Å². The average molecular weight is 491 g/mol. The molecule has 2 saturated heterocycles. The van der Waals surface area contributed by atoms with E-state index in [1.165, 1.54) is 0 Å². The molecule has 2 aromatic carbocycles. The molecule has 0 aromatic heterocycles. The van der Waals surface area contributed by atoms with Crippen molar-refractivity contribution in [1.29, 1.82) is 0 Å². The molecule has 7 nitrogen and oxygen atoms in total. The summed E-state index contributed by atoms with van der Waals surface area (Å²) in [6.07, 6.45) is 2.88. The lowest BCUT2D eigenvalue weighted by Gasteiger charge is -2.38. The van der Waals surface area contributed by atoms with Crippen LogP contribution in [0.25, 0.3) is 0 Å². The number of piperazine rings is 1. The van der Waals surface area contributed by atoms with Crippen LogP contribution in [0.2, 0.25) is 5.02 Å². The summed E-state index contributed by atoms with van der Waals surface area (Å²) < 4.78 is 27.2. The Morgan fingerprint density at radius 3 is 2.24 bits per heavy atom. The number of piperidine rings is 1. The van der Waals surface area contributed by atoms with E-state index in [1.807, 2.05) is 31.2 Å². The number of hydrogen-bond donors (Lipinski definition) is 1. The molecule has 33 heavy (non-hydrogen) atoms. The lowest BCUT2D eigenvalue weighted by molar-refractivity contribution is -0.120. The van der Waals surface area contributed by atoms with Crippen LogP contribution < -0.4 is 10.2 Å². The van der Waals surface area contributed by atoms with Crippen molar-refractivity contribution in [3.8, 4) is 0 Å². The number of carbonyl (C=O) groups is 1. The van der Waals surface area contributed by atoms with Crippen molar-refractivity contribution < 1.29 is 13.2 Å². The number of nitrogens with one attached hydrogen (secondary N) is 1. The number of carbonyl (C=O) groups excluding carboxylic acids is 1. The Bertz CT molecular complexity index is 1060. The van der Waals surface area contributed by atoms with E-state index in [0.29, 0.717) is 18.8 Å². The number of anilines is 2. The van der Waals surface area contributed by atoms with Gasteiger partial charge in [-0.05, 0) is 62.2 Å². The molecule has 0 saturated carbocycles. The van der Waals surface area contributed by atoms with Gasteiger partial charge >= 0.3 is 0 Å². The highest BCUT2D eigenvalue weighted by molar-refractivity contribution is 7.89. The molecule has 2 heterocycles. The van der Waals surface area contributed by atoms with Crippen molar-refractivity contribution in [3.63, 3.8) is 0 Å². The van der Waals surface area contributed by atoms with Gasteiger partial charge in [0, 0.05) is 55.7 Å². The van der Waals surface area contributed by atoms with E-state index >= 15 is 0 Å². The predicted octanol–water partition coefficient (Wildman–Crippen LogP) is 3.66. The Kier molecular flexibility index (Phi) is 7.58. The Balaban J connectivity index is 1.32. The average Bonchev–Trinajstić information content (AvgIpc) is 2.84. The third-order valence-corrected chi connectivity index (χ3v) is 8.64. The monoisotopic (exact) mass is 490 g/mol. The van der Waals surface area contributed by atoms with E-state index in [2.05, 4.69) is 15.1 Å². The Labute approximate surface area is 201 Å². The molecular formula is C24H31ClN4O3S. The topological polar surface area (TPSA) is 73.0 Å². The van der Waals surface area contributed by atoms with Gasteiger partial charge in [0.2, 0.25) is 15.9 Å². The molecule has 9 heteroatoms. The van der Waals surface area contributed by atoms with Crippen LogP contribution in [-0.2, 0) is 14.8 Å². The van der Waals surface area contributed by atoms with E-state index in [-0.39, 0.29) is 16.8 Å². The standard InChI is InChI=1S/C24H31ClN4O3S/c1-19(27-14-16-28(17-15-27)22-7-5-6-20(25)18-22)24(30)26-21-8-10-23(11-9-21)33(31,32)29-12-3-2-4-13-29/h5-11,18-19H,2-4,12-17H2,1H3,(H,26,30). The number of nitrogens with zero attached hydrogens (tertiary/aromatic N) is 3. The zero-order chi connectivity index (χ0) is 23.4. The van der Waals surface area contributed by atoms with Gasteiger partial charge in [-0.15, -0.1) is 0 Å². The Hall–Kier alpha value is -2.13. The van der Waals surface area contributed by atoms with Crippen molar-refractivity contribution in [1.82, 2.24) is 9.21 Å². The molecule has 2 aliphatic heterocycles. The summed E-state index contributed by atoms with van der Waals surface area (Å²) in [5, 5.41) is 3.65. The normalized spacial score (nSPS) is 19.3. The first-order chi connectivity index (χ1) is 15.8. The lowest BCUT2D eigenvalue weighted by Crippen LogP contribution is -2.52. The van der Waals surface area contributed by atoms with E-state index in [0.717, 1.165) is 56.2 Å². The van der Waals surface area contributed by atoms with Crippen molar-refractivity contribution in [2.24, 2.45) is 0 Å². The number of sulfonamides is 1. The van der Waals surface area contributed by atoms with Gasteiger partial charge in [0.05, 0.1) is 10.9 Å². The van der Waals surface area contributed by atoms with Crippen LogP contribution in [0.15, 0.2) is 53.4 Å². The fourth-order valence-corrected chi connectivity index (χ4v) is 6.12. The zero-order valence-corrected chi connectivity index (χ0v) is 20.5. The molecule has 4 rings (SSSR count). The van der Waals surface area contributed by atoms with Gasteiger partial charge in [-0.3, -0.25) is 9.69 Å². The molecule has 1 amide bonds. The molecule has 0 radical (unpaired) electrons. The van der Waals surface area contributed by atoms with Crippen LogP contribution in [0.5, 0.6) is 0 Å². The first kappa shape index (κ1) is 24.0. The molecule has 1 atom stereocenters. The second kappa shape index (κ2) is 10.4. The second-order valence-electron chi connectivity index (χ2n) is 8.66. The third-order valence-electron chi connectivity index (χ3n) is 6.49. The summed E-state index contributed by atoms with van der Waals surface area (Å²) in [4.78, 5) is 17.5. The molecule has 2 fully saturated rings. The highest BCUT2D eigenvalue weighted by atomic mass is 35.5. The van der Waals surface area contributed by atoms with Crippen LogP contribution in [-0.4, -0.2) is 68.8 Å². The largest absolute Gasteiger partial charge is 0.369 e. The van der Waals surface area contributed by atoms with Crippen molar-refractivity contribution in [2.75, 3.05) is 49.5 Å². The van der Waals surface area contributed by atoms with E-state index < -0.39 is 10.0 Å². The number of amides is 1. The summed E-state index contributed by atoms with van der Waals surface area (Å²) in [6.45, 7) is 6.23. The van der Waals surface area contributed by atoms with Crippen LogP contribution in [0.3, 0.4) is 0 Å². The van der Waals surface area contributed by atoms with Crippen LogP contribution in [0.1, 0.15) is 26.2 Å². The van der Waals surface area contributed by atoms with Gasteiger partial charge in [-0.1, -0.05) is 24.1 Å². The van der Waals surface area contributed by atoms with Gasteiger partial charge in [0.15, 0.2) is 0 Å². The molecule has 0 bridgehead atoms. The molecule has 1 unspecified atom stereocenters. The Morgan fingerprint density at radius 1 is 0.939 bits per heavy atom. The maximum atomic E-state index is 12.8. The smallest absolute Gasteiger partial charge is 0.243 e. The van der Waals surface area contributed by atoms with E-state index in [1.54, 1.807) is 28.6 Å². The zero-order valence-electron chi connectivity index (χ0n) is 18.9. The number of rotatable bonds is 6. The molecule has 2 aliphatic rings. The lowest BCUT2D eigenvalue weighted by atomic mass is 10.2. The Morgan fingerprint density at radius 2 is 1.61 bits per heavy atom. The van der Waals surface area contributed by atoms with Gasteiger partial charge in [-0.25, -0.2) is 8.42 Å². The third kappa shape index (κ3) is 5.69. The first-order valence-electron chi connectivity index (χ1n) is 11.5. The van der Waals surface area contributed by atoms with Crippen LogP contribution in [0, 0.1) is 0 Å². The van der Waals surface area contributed by atoms with Gasteiger partial charge in [-0.2, -0.15) is 4.31 Å². The van der Waals surface area contributed by atoms with Gasteiger partial charge in [0.1, 0.15) is 0 Å². The minimum atomic E-state index is -3.47. The number of halogens is 1. The molecule has 0 aliphatic carbocycles. The maximum absolute atomic E-state index is 12.8. The molecular weight excluding hydrogens is 460 g/mol. The van der Waals surface area contributed by atoms with E-state index in [4.69, 9.17) is 11.6 Å². The van der Waals surface area contributed by atoms with Crippen molar-refractivity contribution in [3.05, 3.63) is 53.6 Å². The molecule has 0 spiro atoms. The molecule has 1 N–H and O–H groups in total. The van der Waals surface area contributed by atoms with Crippen LogP contribution >= 0.6 is 11.6 Å². The summed E-state index contributed by atoms with van der Waals surface area (Å²) in [5.41, 5.74) is 1.70. The summed E-state index contributed by atoms with van der Waals surface area (Å²) in [7, 11) is -3.47. The molecule has 2 aromatic rings. The maximum Gasteiger partial charge on any atom is 0.243 e. The highest BCUT2D eigenvalue weighted by Crippen LogP contribution is 2.23. The fourth-order valence-electron chi connectivity index (χ4n) is 4.42. The van der Waals surface area contributed by atoms with E-state index in [9.17, 15) is 13.2 Å². The summed E-state index contributed by atoms with van der Waals surface area (Å²) >= 11 is 6.11. The minimum absolute atomic E-state index is 0.0992. The predicted molar refractivity (Wildman–Crippen MR) is 132 cm³/mol. The van der Waals surface area contributed by atoms with Gasteiger partial charge in [0.25, 0.3) is 0 Å².